The van der Waals surface area contributed by atoms with Crippen LogP contribution in [0.2, 0.25) is 0 Å². The van der Waals surface area contributed by atoms with Crippen LogP contribution in [0.4, 0.5) is 0 Å². The van der Waals surface area contributed by atoms with Gasteiger partial charge in [0.15, 0.2) is 0 Å². The van der Waals surface area contributed by atoms with Crippen LogP contribution in [0.5, 0.6) is 5.75 Å². The van der Waals surface area contributed by atoms with Crippen LogP contribution >= 0.6 is 0 Å². The largest absolute Gasteiger partial charge is 0.496 e. The van der Waals surface area contributed by atoms with Gasteiger partial charge in [0.05, 0.1) is 18.1 Å². The second-order valence-electron chi connectivity index (χ2n) is 6.78. The number of hydrogen-bond acceptors (Lipinski definition) is 3. The number of methoxy groups -OCH3 is 1. The van der Waals surface area contributed by atoms with Crippen LogP contribution in [0, 0.1) is 12.8 Å². The van der Waals surface area contributed by atoms with Crippen LogP contribution in [-0.4, -0.2) is 29.1 Å². The normalized spacial score (nSPS) is 18.7. The zero-order valence-electron chi connectivity index (χ0n) is 15.1. The van der Waals surface area contributed by atoms with Crippen molar-refractivity contribution in [3.05, 3.63) is 59.9 Å². The average Bonchev–Trinajstić information content (AvgIpc) is 3.40. The third kappa shape index (κ3) is 3.05. The first-order chi connectivity index (χ1) is 12.7. The van der Waals surface area contributed by atoms with E-state index in [1.54, 1.807) is 7.11 Å². The van der Waals surface area contributed by atoms with Gasteiger partial charge in [0.25, 0.3) is 0 Å². The van der Waals surface area contributed by atoms with E-state index in [-0.39, 0.29) is 17.7 Å². The number of aryl methyl sites for hydroxylation is 1. The fourth-order valence-corrected chi connectivity index (χ4v) is 3.70. The number of amides is 1. The Balaban J connectivity index is 1.36. The van der Waals surface area contributed by atoms with Crippen molar-refractivity contribution in [1.82, 2.24) is 14.9 Å². The lowest BCUT2D eigenvalue weighted by Gasteiger charge is -2.10. The van der Waals surface area contributed by atoms with E-state index in [2.05, 4.69) is 27.0 Å². The summed E-state index contributed by atoms with van der Waals surface area (Å²) < 4.78 is 7.57. The van der Waals surface area contributed by atoms with Gasteiger partial charge in [-0.15, -0.1) is 0 Å². The highest BCUT2D eigenvalue weighted by Gasteiger charge is 2.45. The summed E-state index contributed by atoms with van der Waals surface area (Å²) in [5.74, 6) is 2.28. The molecule has 0 aliphatic heterocycles. The van der Waals surface area contributed by atoms with Crippen molar-refractivity contribution in [2.45, 2.75) is 25.8 Å². The van der Waals surface area contributed by atoms with Gasteiger partial charge in [-0.05, 0) is 43.0 Å². The molecule has 0 spiro atoms. The lowest BCUT2D eigenvalue weighted by Crippen LogP contribution is -2.29. The van der Waals surface area contributed by atoms with E-state index in [1.165, 1.54) is 0 Å². The summed E-state index contributed by atoms with van der Waals surface area (Å²) in [6.45, 7) is 3.33. The fraction of sp³-hybridized carbons (Fsp3) is 0.333. The molecular formula is C21H23N3O2. The van der Waals surface area contributed by atoms with E-state index in [4.69, 9.17) is 4.74 Å². The van der Waals surface area contributed by atoms with Gasteiger partial charge in [0, 0.05) is 19.0 Å². The number of imidazole rings is 1. The molecule has 0 saturated heterocycles. The van der Waals surface area contributed by atoms with Crippen molar-refractivity contribution in [2.75, 3.05) is 13.7 Å². The molecule has 3 aromatic rings. The Labute approximate surface area is 153 Å². The Morgan fingerprint density at radius 1 is 1.23 bits per heavy atom. The molecule has 26 heavy (non-hydrogen) atoms. The van der Waals surface area contributed by atoms with Gasteiger partial charge in [0.1, 0.15) is 11.6 Å². The number of rotatable bonds is 6. The molecule has 5 heteroatoms. The van der Waals surface area contributed by atoms with Crippen LogP contribution in [0.15, 0.2) is 48.5 Å². The van der Waals surface area contributed by atoms with E-state index in [0.29, 0.717) is 6.54 Å². The van der Waals surface area contributed by atoms with Crippen molar-refractivity contribution in [3.8, 4) is 5.75 Å². The molecule has 0 unspecified atom stereocenters. The number of carbonyl (C=O) groups excluding carboxylic acids is 1. The summed E-state index contributed by atoms with van der Waals surface area (Å²) in [7, 11) is 1.67. The van der Waals surface area contributed by atoms with Gasteiger partial charge in [-0.2, -0.15) is 0 Å². The van der Waals surface area contributed by atoms with Gasteiger partial charge in [0.2, 0.25) is 5.91 Å². The fourth-order valence-electron chi connectivity index (χ4n) is 3.70. The Morgan fingerprint density at radius 3 is 2.85 bits per heavy atom. The van der Waals surface area contributed by atoms with Crippen LogP contribution in [0.25, 0.3) is 11.0 Å². The minimum absolute atomic E-state index is 0.0481. The van der Waals surface area contributed by atoms with E-state index in [9.17, 15) is 4.79 Å². The molecule has 2 atom stereocenters. The highest BCUT2D eigenvalue weighted by Crippen LogP contribution is 2.50. The number of fused-ring (bicyclic) bond motifs is 1. The molecule has 1 aliphatic rings. The number of carbonyl (C=O) groups is 1. The molecule has 4 rings (SSSR count). The first kappa shape index (κ1) is 16.6. The summed E-state index contributed by atoms with van der Waals surface area (Å²) in [6, 6.07) is 16.0. The molecule has 1 N–H and O–H groups in total. The summed E-state index contributed by atoms with van der Waals surface area (Å²) in [4.78, 5) is 17.1. The van der Waals surface area contributed by atoms with Crippen molar-refractivity contribution < 1.29 is 9.53 Å². The number of benzene rings is 2. The number of nitrogens with zero attached hydrogens (tertiary/aromatic N) is 2. The number of nitrogens with one attached hydrogen (secondary N) is 1. The van der Waals surface area contributed by atoms with Gasteiger partial charge in [-0.1, -0.05) is 30.3 Å². The second-order valence-corrected chi connectivity index (χ2v) is 6.78. The van der Waals surface area contributed by atoms with Crippen LogP contribution in [0.1, 0.15) is 23.7 Å². The molecule has 0 radical (unpaired) electrons. The Kier molecular flexibility index (Phi) is 4.37. The van der Waals surface area contributed by atoms with E-state index < -0.39 is 0 Å². The smallest absolute Gasteiger partial charge is 0.223 e. The minimum Gasteiger partial charge on any atom is -0.496 e. The first-order valence-electron chi connectivity index (χ1n) is 9.01. The van der Waals surface area contributed by atoms with Gasteiger partial charge >= 0.3 is 0 Å². The SMILES string of the molecule is COc1ccccc1[C@@H]1C[C@@H]1C(=O)NCCn1c(C)nc2ccccc21. The molecule has 1 heterocycles. The van der Waals surface area contributed by atoms with Gasteiger partial charge in [-0.25, -0.2) is 4.98 Å². The van der Waals surface area contributed by atoms with Crippen LogP contribution in [-0.2, 0) is 11.3 Å². The third-order valence-electron chi connectivity index (χ3n) is 5.15. The Bertz CT molecular complexity index is 947. The monoisotopic (exact) mass is 349 g/mol. The van der Waals surface area contributed by atoms with Crippen molar-refractivity contribution in [1.29, 1.82) is 0 Å². The summed E-state index contributed by atoms with van der Waals surface area (Å²) >= 11 is 0. The van der Waals surface area contributed by atoms with Gasteiger partial charge < -0.3 is 14.6 Å². The molecule has 0 bridgehead atoms. The standard InChI is InChI=1S/C21H23N3O2/c1-14-23-18-8-4-5-9-19(18)24(14)12-11-22-21(25)17-13-16(17)15-7-3-6-10-20(15)26-2/h3-10,16-17H,11-13H2,1-2H3,(H,22,25)/t16-,17-/m0/s1. The maximum absolute atomic E-state index is 12.5. The average molecular weight is 349 g/mol. The zero-order chi connectivity index (χ0) is 18.1. The molecule has 1 aliphatic carbocycles. The predicted molar refractivity (Wildman–Crippen MR) is 101 cm³/mol. The maximum Gasteiger partial charge on any atom is 0.223 e. The molecular weight excluding hydrogens is 326 g/mol. The quantitative estimate of drug-likeness (QED) is 0.743. The van der Waals surface area contributed by atoms with E-state index >= 15 is 0 Å². The zero-order valence-corrected chi connectivity index (χ0v) is 15.1. The Hall–Kier alpha value is -2.82. The van der Waals surface area contributed by atoms with Gasteiger partial charge in [-0.3, -0.25) is 4.79 Å². The topological polar surface area (TPSA) is 56.1 Å². The minimum atomic E-state index is 0.0481. The van der Waals surface area contributed by atoms with Crippen molar-refractivity contribution in [3.63, 3.8) is 0 Å². The van der Waals surface area contributed by atoms with Crippen molar-refractivity contribution in [2.24, 2.45) is 5.92 Å². The highest BCUT2D eigenvalue weighted by molar-refractivity contribution is 5.83. The molecule has 1 saturated carbocycles. The lowest BCUT2D eigenvalue weighted by atomic mass is 10.1. The number of ether oxygens (including phenoxy) is 1. The number of hydrogen-bond donors (Lipinski definition) is 1. The lowest BCUT2D eigenvalue weighted by molar-refractivity contribution is -0.122. The number of aromatic nitrogens is 2. The summed E-state index contributed by atoms with van der Waals surface area (Å²) in [5, 5.41) is 3.08. The summed E-state index contributed by atoms with van der Waals surface area (Å²) in [6.07, 6.45) is 0.888. The molecule has 134 valence electrons. The first-order valence-corrected chi connectivity index (χ1v) is 9.01. The molecule has 1 amide bonds. The van der Waals surface area contributed by atoms with E-state index in [0.717, 1.165) is 41.1 Å². The molecule has 2 aromatic carbocycles. The van der Waals surface area contributed by atoms with Crippen LogP contribution < -0.4 is 10.1 Å². The maximum atomic E-state index is 12.5. The summed E-state index contributed by atoms with van der Waals surface area (Å²) in [5.41, 5.74) is 3.24. The number of para-hydroxylation sites is 3. The van der Waals surface area contributed by atoms with Crippen LogP contribution in [0.3, 0.4) is 0 Å². The second kappa shape index (κ2) is 6.83. The highest BCUT2D eigenvalue weighted by atomic mass is 16.5. The predicted octanol–water partition coefficient (Wildman–Crippen LogP) is 3.27. The van der Waals surface area contributed by atoms with E-state index in [1.807, 2.05) is 43.3 Å². The molecule has 1 fully saturated rings. The Morgan fingerprint density at radius 2 is 2.00 bits per heavy atom. The molecule has 5 nitrogen and oxygen atoms in total. The molecule has 1 aromatic heterocycles. The third-order valence-corrected chi connectivity index (χ3v) is 5.15. The van der Waals surface area contributed by atoms with Crippen molar-refractivity contribution >= 4 is 16.9 Å².